The number of aliphatic hydroxyl groups is 1. The molecule has 0 unspecified atom stereocenters. The summed E-state index contributed by atoms with van der Waals surface area (Å²) in [6, 6.07) is 7.13. The summed E-state index contributed by atoms with van der Waals surface area (Å²) in [4.78, 5) is 11.8. The van der Waals surface area contributed by atoms with Crippen molar-refractivity contribution in [3.63, 3.8) is 0 Å². The van der Waals surface area contributed by atoms with E-state index in [2.05, 4.69) is 12.6 Å². The molecular weight excluding hydrogens is 212 g/mol. The van der Waals surface area contributed by atoms with Crippen LogP contribution in [0.1, 0.15) is 25.0 Å². The van der Waals surface area contributed by atoms with Crippen LogP contribution in [-0.2, 0) is 9.53 Å². The summed E-state index contributed by atoms with van der Waals surface area (Å²) >= 11 is 4.20. The Morgan fingerprint density at radius 3 is 2.80 bits per heavy atom. The molecule has 0 heterocycles. The van der Waals surface area contributed by atoms with E-state index in [-0.39, 0.29) is 6.42 Å². The summed E-state index contributed by atoms with van der Waals surface area (Å²) in [5.74, 6) is -0.401. The van der Waals surface area contributed by atoms with Gasteiger partial charge < -0.3 is 9.84 Å². The molecule has 1 aromatic carbocycles. The fourth-order valence-electron chi connectivity index (χ4n) is 1.26. The van der Waals surface area contributed by atoms with E-state index in [1.54, 1.807) is 25.1 Å². The molecule has 1 atom stereocenters. The van der Waals surface area contributed by atoms with Gasteiger partial charge in [-0.2, -0.15) is 0 Å². The summed E-state index contributed by atoms with van der Waals surface area (Å²) in [5, 5.41) is 9.75. The van der Waals surface area contributed by atoms with Crippen molar-refractivity contribution in [3.05, 3.63) is 29.8 Å². The van der Waals surface area contributed by atoms with Crippen molar-refractivity contribution in [1.82, 2.24) is 0 Å². The van der Waals surface area contributed by atoms with Crippen LogP contribution in [0.5, 0.6) is 0 Å². The summed E-state index contributed by atoms with van der Waals surface area (Å²) in [7, 11) is 0. The van der Waals surface area contributed by atoms with Crippen molar-refractivity contribution in [2.45, 2.75) is 24.3 Å². The van der Waals surface area contributed by atoms with Crippen molar-refractivity contribution in [3.8, 4) is 0 Å². The Bertz CT molecular complexity index is 338. The molecule has 0 aromatic heterocycles. The number of carbonyl (C=O) groups excluding carboxylic acids is 1. The highest BCUT2D eigenvalue weighted by molar-refractivity contribution is 7.80. The minimum Gasteiger partial charge on any atom is -0.466 e. The Morgan fingerprint density at radius 2 is 2.20 bits per heavy atom. The van der Waals surface area contributed by atoms with Gasteiger partial charge >= 0.3 is 5.97 Å². The first kappa shape index (κ1) is 12.1. The number of benzene rings is 1. The van der Waals surface area contributed by atoms with Gasteiger partial charge in [0, 0.05) is 4.90 Å². The third kappa shape index (κ3) is 3.57. The molecule has 15 heavy (non-hydrogen) atoms. The second-order valence-electron chi connectivity index (χ2n) is 3.08. The van der Waals surface area contributed by atoms with Gasteiger partial charge in [0.15, 0.2) is 0 Å². The number of hydrogen-bond acceptors (Lipinski definition) is 4. The molecule has 0 bridgehead atoms. The second-order valence-corrected chi connectivity index (χ2v) is 3.57. The number of hydrogen-bond donors (Lipinski definition) is 2. The topological polar surface area (TPSA) is 46.5 Å². The molecule has 4 heteroatoms. The molecule has 1 rings (SSSR count). The van der Waals surface area contributed by atoms with Crippen molar-refractivity contribution >= 4 is 18.6 Å². The van der Waals surface area contributed by atoms with E-state index in [0.29, 0.717) is 17.1 Å². The first-order valence-electron chi connectivity index (χ1n) is 4.76. The normalized spacial score (nSPS) is 12.2. The molecule has 3 nitrogen and oxygen atoms in total. The van der Waals surface area contributed by atoms with Gasteiger partial charge in [-0.05, 0) is 18.6 Å². The van der Waals surface area contributed by atoms with E-state index >= 15 is 0 Å². The number of rotatable bonds is 4. The molecule has 0 aliphatic rings. The van der Waals surface area contributed by atoms with E-state index in [4.69, 9.17) is 4.74 Å². The largest absolute Gasteiger partial charge is 0.466 e. The quantitative estimate of drug-likeness (QED) is 0.609. The standard InChI is InChI=1S/C11H14O3S/c1-2-14-11(13)7-9(12)8-5-3-4-6-10(8)15/h3-6,9,12,15H,2,7H2,1H3/t9-/m0/s1. The minimum absolute atomic E-state index is 0.0363. The lowest BCUT2D eigenvalue weighted by Gasteiger charge is -2.11. The van der Waals surface area contributed by atoms with Crippen LogP contribution in [0.25, 0.3) is 0 Å². The van der Waals surface area contributed by atoms with Crippen LogP contribution in [0.4, 0.5) is 0 Å². The fraction of sp³-hybridized carbons (Fsp3) is 0.364. The van der Waals surface area contributed by atoms with Crippen LogP contribution in [0, 0.1) is 0 Å². The van der Waals surface area contributed by atoms with E-state index in [0.717, 1.165) is 0 Å². The maximum Gasteiger partial charge on any atom is 0.308 e. The van der Waals surface area contributed by atoms with E-state index in [1.807, 2.05) is 6.07 Å². The van der Waals surface area contributed by atoms with Gasteiger partial charge in [-0.15, -0.1) is 12.6 Å². The molecule has 0 aliphatic heterocycles. The summed E-state index contributed by atoms with van der Waals surface area (Å²) < 4.78 is 4.75. The highest BCUT2D eigenvalue weighted by Gasteiger charge is 2.15. The predicted molar refractivity (Wildman–Crippen MR) is 59.9 cm³/mol. The number of carbonyl (C=O) groups is 1. The first-order valence-corrected chi connectivity index (χ1v) is 5.21. The molecular formula is C11H14O3S. The summed E-state index contributed by atoms with van der Waals surface area (Å²) in [6.45, 7) is 2.06. The molecule has 0 aliphatic carbocycles. The molecule has 0 radical (unpaired) electrons. The van der Waals surface area contributed by atoms with E-state index in [9.17, 15) is 9.90 Å². The average Bonchev–Trinajstić information content (AvgIpc) is 2.18. The van der Waals surface area contributed by atoms with Crippen molar-refractivity contribution < 1.29 is 14.6 Å². The SMILES string of the molecule is CCOC(=O)C[C@H](O)c1ccccc1S. The Morgan fingerprint density at radius 1 is 1.53 bits per heavy atom. The molecule has 0 spiro atoms. The molecule has 82 valence electrons. The van der Waals surface area contributed by atoms with Gasteiger partial charge in [0.1, 0.15) is 0 Å². The summed E-state index contributed by atoms with van der Waals surface area (Å²) in [6.07, 6.45) is -0.886. The Balaban J connectivity index is 2.65. The maximum absolute atomic E-state index is 11.1. The van der Waals surface area contributed by atoms with Crippen molar-refractivity contribution in [1.29, 1.82) is 0 Å². The van der Waals surface area contributed by atoms with Gasteiger partial charge in [-0.1, -0.05) is 18.2 Å². The van der Waals surface area contributed by atoms with Gasteiger partial charge in [0.2, 0.25) is 0 Å². The highest BCUT2D eigenvalue weighted by Crippen LogP contribution is 2.23. The number of aliphatic hydroxyl groups excluding tert-OH is 1. The fourth-order valence-corrected chi connectivity index (χ4v) is 1.57. The third-order valence-electron chi connectivity index (χ3n) is 1.96. The van der Waals surface area contributed by atoms with Crippen molar-refractivity contribution in [2.75, 3.05) is 6.61 Å². The smallest absolute Gasteiger partial charge is 0.308 e. The third-order valence-corrected chi connectivity index (χ3v) is 2.37. The molecule has 0 saturated carbocycles. The van der Waals surface area contributed by atoms with Crippen LogP contribution in [-0.4, -0.2) is 17.7 Å². The molecule has 1 aromatic rings. The lowest BCUT2D eigenvalue weighted by molar-refractivity contribution is -0.145. The lowest BCUT2D eigenvalue weighted by Crippen LogP contribution is -2.10. The van der Waals surface area contributed by atoms with Crippen LogP contribution in [0.3, 0.4) is 0 Å². The number of thiol groups is 1. The number of ether oxygens (including phenoxy) is 1. The predicted octanol–water partition coefficient (Wildman–Crippen LogP) is 1.96. The molecule has 0 saturated heterocycles. The van der Waals surface area contributed by atoms with Crippen LogP contribution >= 0.6 is 12.6 Å². The zero-order chi connectivity index (χ0) is 11.3. The van der Waals surface area contributed by atoms with Crippen LogP contribution < -0.4 is 0 Å². The maximum atomic E-state index is 11.1. The van der Waals surface area contributed by atoms with Gasteiger partial charge in [0.25, 0.3) is 0 Å². The van der Waals surface area contributed by atoms with Gasteiger partial charge in [0.05, 0.1) is 19.1 Å². The zero-order valence-electron chi connectivity index (χ0n) is 8.51. The molecule has 0 amide bonds. The molecule has 1 N–H and O–H groups in total. The Labute approximate surface area is 94.5 Å². The van der Waals surface area contributed by atoms with Gasteiger partial charge in [-0.25, -0.2) is 0 Å². The highest BCUT2D eigenvalue weighted by atomic mass is 32.1. The van der Waals surface area contributed by atoms with Crippen LogP contribution in [0.15, 0.2) is 29.2 Å². The first-order chi connectivity index (χ1) is 7.15. The molecule has 0 fully saturated rings. The Hall–Kier alpha value is -1.00. The average molecular weight is 226 g/mol. The van der Waals surface area contributed by atoms with Gasteiger partial charge in [-0.3, -0.25) is 4.79 Å². The van der Waals surface area contributed by atoms with Crippen LogP contribution in [0.2, 0.25) is 0 Å². The Kier molecular flexibility index (Phi) is 4.65. The zero-order valence-corrected chi connectivity index (χ0v) is 9.41. The number of esters is 1. The van der Waals surface area contributed by atoms with Crippen molar-refractivity contribution in [2.24, 2.45) is 0 Å². The lowest BCUT2D eigenvalue weighted by atomic mass is 10.1. The van der Waals surface area contributed by atoms with E-state index < -0.39 is 12.1 Å². The summed E-state index contributed by atoms with van der Waals surface area (Å²) in [5.41, 5.74) is 0.647. The minimum atomic E-state index is -0.849. The van der Waals surface area contributed by atoms with E-state index in [1.165, 1.54) is 0 Å². The second kappa shape index (κ2) is 5.78. The monoisotopic (exact) mass is 226 g/mol.